The van der Waals surface area contributed by atoms with E-state index in [2.05, 4.69) is 9.97 Å². The van der Waals surface area contributed by atoms with Gasteiger partial charge >= 0.3 is 0 Å². The van der Waals surface area contributed by atoms with Crippen molar-refractivity contribution < 1.29 is 4.39 Å². The molecule has 100 valence electrons. The highest BCUT2D eigenvalue weighted by Gasteiger charge is 2.15. The number of para-hydroxylation sites is 1. The number of nitrogens with two attached hydrogens (primary N) is 1. The summed E-state index contributed by atoms with van der Waals surface area (Å²) in [6.45, 7) is 3.79. The van der Waals surface area contributed by atoms with Crippen LogP contribution in [0.1, 0.15) is 18.3 Å². The van der Waals surface area contributed by atoms with Crippen LogP contribution in [0.3, 0.4) is 0 Å². The molecule has 0 fully saturated rings. The second-order valence-electron chi connectivity index (χ2n) is 4.34. The summed E-state index contributed by atoms with van der Waals surface area (Å²) in [6, 6.07) is 6.58. The molecule has 0 radical (unpaired) electrons. The topological polar surface area (TPSA) is 55.0 Å². The summed E-state index contributed by atoms with van der Waals surface area (Å²) in [4.78, 5) is 10.3. The molecule has 2 aromatic rings. The third kappa shape index (κ3) is 2.50. The van der Waals surface area contributed by atoms with Gasteiger partial charge in [-0.25, -0.2) is 14.4 Å². The van der Waals surface area contributed by atoms with E-state index in [1.165, 1.54) is 6.07 Å². The lowest BCUT2D eigenvalue weighted by Gasteiger charge is -2.21. The van der Waals surface area contributed by atoms with Crippen LogP contribution in [0.25, 0.3) is 0 Å². The number of aromatic nitrogens is 2. The van der Waals surface area contributed by atoms with E-state index in [4.69, 9.17) is 5.73 Å². The molecule has 1 aromatic heterocycles. The summed E-state index contributed by atoms with van der Waals surface area (Å²) in [6.07, 6.45) is 0.683. The van der Waals surface area contributed by atoms with Gasteiger partial charge in [0, 0.05) is 19.0 Å². The Labute approximate surface area is 112 Å². The molecule has 2 rings (SSSR count). The molecule has 1 aromatic carbocycles. The minimum Gasteiger partial charge on any atom is -0.383 e. The molecule has 0 aliphatic carbocycles. The van der Waals surface area contributed by atoms with Crippen molar-refractivity contribution in [3.63, 3.8) is 0 Å². The fourth-order valence-electron chi connectivity index (χ4n) is 1.89. The fourth-order valence-corrected chi connectivity index (χ4v) is 1.89. The van der Waals surface area contributed by atoms with Gasteiger partial charge in [0.05, 0.1) is 5.69 Å². The van der Waals surface area contributed by atoms with Gasteiger partial charge in [-0.05, 0) is 19.1 Å². The zero-order valence-corrected chi connectivity index (χ0v) is 11.3. The number of nitrogens with zero attached hydrogens (tertiary/aromatic N) is 3. The van der Waals surface area contributed by atoms with Gasteiger partial charge in [-0.3, -0.25) is 0 Å². The third-order valence-corrected chi connectivity index (χ3v) is 3.05. The highest BCUT2D eigenvalue weighted by atomic mass is 19.1. The van der Waals surface area contributed by atoms with Gasteiger partial charge in [0.2, 0.25) is 0 Å². The first-order valence-corrected chi connectivity index (χ1v) is 6.15. The van der Waals surface area contributed by atoms with Crippen molar-refractivity contribution >= 4 is 17.3 Å². The molecular formula is C14H17FN4. The van der Waals surface area contributed by atoms with Crippen molar-refractivity contribution in [1.29, 1.82) is 0 Å². The van der Waals surface area contributed by atoms with Gasteiger partial charge in [-0.1, -0.05) is 19.1 Å². The number of anilines is 3. The van der Waals surface area contributed by atoms with E-state index < -0.39 is 0 Å². The highest BCUT2D eigenvalue weighted by Crippen LogP contribution is 2.28. The Hall–Kier alpha value is -2.17. The van der Waals surface area contributed by atoms with Gasteiger partial charge in [0.25, 0.3) is 0 Å². The van der Waals surface area contributed by atoms with E-state index in [0.29, 0.717) is 29.6 Å². The molecule has 5 heteroatoms. The van der Waals surface area contributed by atoms with Crippen LogP contribution in [-0.4, -0.2) is 17.0 Å². The predicted octanol–water partition coefficient (Wildman–Crippen LogP) is 2.84. The van der Waals surface area contributed by atoms with Gasteiger partial charge in [0.15, 0.2) is 0 Å². The first kappa shape index (κ1) is 13.3. The molecule has 0 aliphatic heterocycles. The summed E-state index contributed by atoms with van der Waals surface area (Å²) in [5.74, 6) is 1.43. The van der Waals surface area contributed by atoms with Gasteiger partial charge in [-0.2, -0.15) is 0 Å². The lowest BCUT2D eigenvalue weighted by Crippen LogP contribution is -2.17. The molecule has 2 N–H and O–H groups in total. The van der Waals surface area contributed by atoms with Crippen molar-refractivity contribution in [1.82, 2.24) is 9.97 Å². The normalized spacial score (nSPS) is 10.5. The lowest BCUT2D eigenvalue weighted by molar-refractivity contribution is 0.627. The smallest absolute Gasteiger partial charge is 0.146 e. The summed E-state index contributed by atoms with van der Waals surface area (Å²) in [7, 11) is 1.77. The number of halogens is 1. The first-order valence-electron chi connectivity index (χ1n) is 6.15. The summed E-state index contributed by atoms with van der Waals surface area (Å²) in [5.41, 5.74) is 7.10. The van der Waals surface area contributed by atoms with Crippen LogP contribution in [-0.2, 0) is 6.42 Å². The average molecular weight is 260 g/mol. The zero-order chi connectivity index (χ0) is 14.0. The number of rotatable bonds is 3. The van der Waals surface area contributed by atoms with Crippen LogP contribution in [0.2, 0.25) is 0 Å². The van der Waals surface area contributed by atoms with Crippen molar-refractivity contribution in [3.8, 4) is 0 Å². The minimum absolute atomic E-state index is 0.292. The number of aryl methyl sites for hydroxylation is 1. The Morgan fingerprint density at radius 3 is 2.58 bits per heavy atom. The van der Waals surface area contributed by atoms with Crippen molar-refractivity contribution in [2.45, 2.75) is 20.3 Å². The molecular weight excluding hydrogens is 243 g/mol. The number of benzene rings is 1. The Morgan fingerprint density at radius 1 is 1.26 bits per heavy atom. The predicted molar refractivity (Wildman–Crippen MR) is 75.0 cm³/mol. The Balaban J connectivity index is 2.52. The van der Waals surface area contributed by atoms with Crippen LogP contribution in [0, 0.1) is 12.7 Å². The summed E-state index contributed by atoms with van der Waals surface area (Å²) >= 11 is 0. The maximum atomic E-state index is 13.8. The molecule has 0 saturated heterocycles. The zero-order valence-electron chi connectivity index (χ0n) is 11.3. The second-order valence-corrected chi connectivity index (χ2v) is 4.34. The van der Waals surface area contributed by atoms with Gasteiger partial charge in [0.1, 0.15) is 23.3 Å². The number of hydrogen-bond acceptors (Lipinski definition) is 4. The monoisotopic (exact) mass is 260 g/mol. The van der Waals surface area contributed by atoms with Crippen LogP contribution in [0.4, 0.5) is 21.7 Å². The second kappa shape index (κ2) is 5.22. The molecule has 0 spiro atoms. The molecule has 0 bridgehead atoms. The van der Waals surface area contributed by atoms with Crippen molar-refractivity contribution in [2.24, 2.45) is 0 Å². The Bertz CT molecular complexity index is 598. The van der Waals surface area contributed by atoms with Crippen molar-refractivity contribution in [3.05, 3.63) is 41.5 Å². The maximum absolute atomic E-state index is 13.8. The molecule has 0 unspecified atom stereocenters. The maximum Gasteiger partial charge on any atom is 0.146 e. The largest absolute Gasteiger partial charge is 0.383 e. The molecule has 0 saturated carbocycles. The standard InChI is InChI=1S/C14H17FN4/c1-4-12-17-13(16)9(2)14(18-12)19(3)11-8-6-5-7-10(11)15/h5-8H,4H2,1-3H3,(H2,16,17,18). The van der Waals surface area contributed by atoms with Crippen LogP contribution in [0.5, 0.6) is 0 Å². The van der Waals surface area contributed by atoms with Crippen LogP contribution < -0.4 is 10.6 Å². The molecule has 0 atom stereocenters. The van der Waals surface area contributed by atoms with Crippen LogP contribution in [0.15, 0.2) is 24.3 Å². The Kier molecular flexibility index (Phi) is 3.64. The van der Waals surface area contributed by atoms with E-state index in [9.17, 15) is 4.39 Å². The van der Waals surface area contributed by atoms with Crippen molar-refractivity contribution in [2.75, 3.05) is 17.7 Å². The van der Waals surface area contributed by atoms with E-state index >= 15 is 0 Å². The van der Waals surface area contributed by atoms with E-state index in [1.54, 1.807) is 30.1 Å². The fraction of sp³-hybridized carbons (Fsp3) is 0.286. The quantitative estimate of drug-likeness (QED) is 0.922. The summed E-state index contributed by atoms with van der Waals surface area (Å²) < 4.78 is 13.8. The highest BCUT2D eigenvalue weighted by molar-refractivity contribution is 5.66. The van der Waals surface area contributed by atoms with Gasteiger partial charge in [-0.15, -0.1) is 0 Å². The van der Waals surface area contributed by atoms with E-state index in [1.807, 2.05) is 13.8 Å². The van der Waals surface area contributed by atoms with E-state index in [0.717, 1.165) is 5.56 Å². The first-order chi connectivity index (χ1) is 9.04. The summed E-state index contributed by atoms with van der Waals surface area (Å²) in [5, 5.41) is 0. The minimum atomic E-state index is -0.292. The Morgan fingerprint density at radius 2 is 1.95 bits per heavy atom. The molecule has 4 nitrogen and oxygen atoms in total. The SMILES string of the molecule is CCc1nc(N)c(C)c(N(C)c2ccccc2F)n1. The molecule has 19 heavy (non-hydrogen) atoms. The van der Waals surface area contributed by atoms with Crippen LogP contribution >= 0.6 is 0 Å². The number of nitrogen functional groups attached to an aromatic ring is 1. The number of hydrogen-bond donors (Lipinski definition) is 1. The van der Waals surface area contributed by atoms with E-state index in [-0.39, 0.29) is 5.82 Å². The molecule has 1 heterocycles. The molecule has 0 amide bonds. The lowest BCUT2D eigenvalue weighted by atomic mass is 10.2. The average Bonchev–Trinajstić information content (AvgIpc) is 2.41. The van der Waals surface area contributed by atoms with Gasteiger partial charge < -0.3 is 10.6 Å². The third-order valence-electron chi connectivity index (χ3n) is 3.05. The molecule has 0 aliphatic rings.